The lowest BCUT2D eigenvalue weighted by molar-refractivity contribution is 0.0637. The monoisotopic (exact) mass is 370 g/mol. The number of amides is 1. The molecule has 1 aliphatic heterocycles. The van der Waals surface area contributed by atoms with Crippen LogP contribution in [0.4, 0.5) is 11.4 Å². The Kier molecular flexibility index (Phi) is 6.13. The van der Waals surface area contributed by atoms with Gasteiger partial charge in [-0.15, -0.1) is 0 Å². The van der Waals surface area contributed by atoms with Crippen molar-refractivity contribution in [3.05, 3.63) is 42.2 Å². The Morgan fingerprint density at radius 2 is 1.74 bits per heavy atom. The van der Waals surface area contributed by atoms with E-state index in [-0.39, 0.29) is 5.91 Å². The third-order valence-corrected chi connectivity index (χ3v) is 4.76. The van der Waals surface area contributed by atoms with E-state index in [2.05, 4.69) is 22.1 Å². The fraction of sp³-hybridized carbons (Fsp3) is 0.400. The van der Waals surface area contributed by atoms with E-state index in [1.165, 1.54) is 0 Å². The standard InChI is InChI=1S/C20H26N4O3/c1-4-23-9-11-24(12-10-23)20(25)17-13-16(7-8-21-17)22-15-5-6-18(26-2)19(14-15)27-3/h5-8,13-14H,4,9-12H2,1-3H3,(H,21,22). The molecule has 0 unspecified atom stereocenters. The second kappa shape index (κ2) is 8.73. The molecule has 1 aromatic carbocycles. The molecule has 1 N–H and O–H groups in total. The van der Waals surface area contributed by atoms with Crippen LogP contribution in [-0.2, 0) is 0 Å². The lowest BCUT2D eigenvalue weighted by Crippen LogP contribution is -2.48. The predicted molar refractivity (Wildman–Crippen MR) is 105 cm³/mol. The summed E-state index contributed by atoms with van der Waals surface area (Å²) in [6, 6.07) is 9.20. The van der Waals surface area contributed by atoms with E-state index in [0.717, 1.165) is 44.1 Å². The average molecular weight is 370 g/mol. The van der Waals surface area contributed by atoms with Crippen LogP contribution in [0.1, 0.15) is 17.4 Å². The first-order chi connectivity index (χ1) is 13.1. The number of rotatable bonds is 6. The summed E-state index contributed by atoms with van der Waals surface area (Å²) in [7, 11) is 3.20. The first kappa shape index (κ1) is 19.0. The van der Waals surface area contributed by atoms with Gasteiger partial charge in [-0.3, -0.25) is 9.78 Å². The summed E-state index contributed by atoms with van der Waals surface area (Å²) in [6.07, 6.45) is 1.65. The van der Waals surface area contributed by atoms with Gasteiger partial charge >= 0.3 is 0 Å². The largest absolute Gasteiger partial charge is 0.493 e. The van der Waals surface area contributed by atoms with Gasteiger partial charge in [0, 0.05) is 49.8 Å². The fourth-order valence-electron chi connectivity index (χ4n) is 3.14. The Morgan fingerprint density at radius 1 is 1.04 bits per heavy atom. The molecule has 0 saturated carbocycles. The minimum Gasteiger partial charge on any atom is -0.493 e. The summed E-state index contributed by atoms with van der Waals surface area (Å²) in [4.78, 5) is 21.2. The van der Waals surface area contributed by atoms with Crippen LogP contribution in [0.25, 0.3) is 0 Å². The van der Waals surface area contributed by atoms with Crippen LogP contribution in [-0.4, -0.2) is 67.6 Å². The minimum atomic E-state index is -0.0262. The van der Waals surface area contributed by atoms with Crippen LogP contribution in [0.15, 0.2) is 36.5 Å². The molecule has 3 rings (SSSR count). The summed E-state index contributed by atoms with van der Waals surface area (Å²) < 4.78 is 10.6. The van der Waals surface area contributed by atoms with Crippen LogP contribution in [0, 0.1) is 0 Å². The molecule has 1 aromatic heterocycles. The third-order valence-electron chi connectivity index (χ3n) is 4.76. The molecule has 27 heavy (non-hydrogen) atoms. The maximum Gasteiger partial charge on any atom is 0.272 e. The summed E-state index contributed by atoms with van der Waals surface area (Å²) in [6.45, 7) is 6.45. The van der Waals surface area contributed by atoms with Crippen molar-refractivity contribution < 1.29 is 14.3 Å². The molecule has 1 fully saturated rings. The van der Waals surface area contributed by atoms with Crippen molar-refractivity contribution in [3.8, 4) is 11.5 Å². The molecule has 1 saturated heterocycles. The number of aromatic nitrogens is 1. The SMILES string of the molecule is CCN1CCN(C(=O)c2cc(Nc3ccc(OC)c(OC)c3)ccn2)CC1. The number of likely N-dealkylation sites (N-methyl/N-ethyl adjacent to an activating group) is 1. The van der Waals surface area contributed by atoms with E-state index in [1.54, 1.807) is 26.5 Å². The van der Waals surface area contributed by atoms with Crippen LogP contribution >= 0.6 is 0 Å². The van der Waals surface area contributed by atoms with Crippen LogP contribution in [0.3, 0.4) is 0 Å². The number of piperazine rings is 1. The van der Waals surface area contributed by atoms with Crippen molar-refractivity contribution in [3.63, 3.8) is 0 Å². The van der Waals surface area contributed by atoms with Crippen molar-refractivity contribution >= 4 is 17.3 Å². The van der Waals surface area contributed by atoms with Crippen LogP contribution in [0.5, 0.6) is 11.5 Å². The second-order valence-corrected chi connectivity index (χ2v) is 6.35. The lowest BCUT2D eigenvalue weighted by atomic mass is 10.2. The highest BCUT2D eigenvalue weighted by Gasteiger charge is 2.22. The van der Waals surface area contributed by atoms with Crippen molar-refractivity contribution in [2.45, 2.75) is 6.92 Å². The van der Waals surface area contributed by atoms with Crippen molar-refractivity contribution in [1.82, 2.24) is 14.8 Å². The van der Waals surface area contributed by atoms with Crippen molar-refractivity contribution in [1.29, 1.82) is 0 Å². The lowest BCUT2D eigenvalue weighted by Gasteiger charge is -2.33. The van der Waals surface area contributed by atoms with Gasteiger partial charge in [0.1, 0.15) is 5.69 Å². The molecule has 0 aliphatic carbocycles. The summed E-state index contributed by atoms with van der Waals surface area (Å²) in [5, 5.41) is 3.29. The van der Waals surface area contributed by atoms with E-state index in [9.17, 15) is 4.79 Å². The quantitative estimate of drug-likeness (QED) is 0.843. The second-order valence-electron chi connectivity index (χ2n) is 6.35. The van der Waals surface area contributed by atoms with E-state index in [0.29, 0.717) is 17.2 Å². The minimum absolute atomic E-state index is 0.0262. The number of carbonyl (C=O) groups is 1. The summed E-state index contributed by atoms with van der Waals surface area (Å²) in [5.41, 5.74) is 2.09. The van der Waals surface area contributed by atoms with E-state index >= 15 is 0 Å². The van der Waals surface area contributed by atoms with Gasteiger partial charge in [-0.1, -0.05) is 6.92 Å². The molecule has 0 atom stereocenters. The van der Waals surface area contributed by atoms with Gasteiger partial charge < -0.3 is 24.6 Å². The molecular weight excluding hydrogens is 344 g/mol. The molecule has 0 radical (unpaired) electrons. The Hall–Kier alpha value is -2.80. The van der Waals surface area contributed by atoms with Gasteiger partial charge in [-0.25, -0.2) is 0 Å². The highest BCUT2D eigenvalue weighted by atomic mass is 16.5. The zero-order chi connectivity index (χ0) is 19.2. The van der Waals surface area contributed by atoms with Crippen molar-refractivity contribution in [2.75, 3.05) is 52.3 Å². The molecule has 0 bridgehead atoms. The Balaban J connectivity index is 1.71. The van der Waals surface area contributed by atoms with Gasteiger partial charge in [-0.2, -0.15) is 0 Å². The zero-order valence-corrected chi connectivity index (χ0v) is 16.1. The number of nitrogens with zero attached hydrogens (tertiary/aromatic N) is 3. The van der Waals surface area contributed by atoms with Gasteiger partial charge in [0.05, 0.1) is 14.2 Å². The number of carbonyl (C=O) groups excluding carboxylic acids is 1. The Bertz CT molecular complexity index is 789. The van der Waals surface area contributed by atoms with Gasteiger partial charge in [0.2, 0.25) is 0 Å². The molecular formula is C20H26N4O3. The van der Waals surface area contributed by atoms with Crippen molar-refractivity contribution in [2.24, 2.45) is 0 Å². The van der Waals surface area contributed by atoms with Gasteiger partial charge in [0.25, 0.3) is 5.91 Å². The molecule has 0 spiro atoms. The first-order valence-corrected chi connectivity index (χ1v) is 9.11. The maximum atomic E-state index is 12.8. The number of pyridine rings is 1. The number of methoxy groups -OCH3 is 2. The summed E-state index contributed by atoms with van der Waals surface area (Å²) in [5.74, 6) is 1.28. The normalized spacial score (nSPS) is 14.7. The zero-order valence-electron chi connectivity index (χ0n) is 16.1. The summed E-state index contributed by atoms with van der Waals surface area (Å²) >= 11 is 0. The molecule has 2 aromatic rings. The number of hydrogen-bond acceptors (Lipinski definition) is 6. The van der Waals surface area contributed by atoms with E-state index in [4.69, 9.17) is 9.47 Å². The highest BCUT2D eigenvalue weighted by molar-refractivity contribution is 5.93. The molecule has 2 heterocycles. The third kappa shape index (κ3) is 4.49. The molecule has 1 amide bonds. The number of nitrogens with one attached hydrogen (secondary N) is 1. The maximum absolute atomic E-state index is 12.8. The smallest absolute Gasteiger partial charge is 0.272 e. The topological polar surface area (TPSA) is 66.9 Å². The molecule has 1 aliphatic rings. The Morgan fingerprint density at radius 3 is 2.41 bits per heavy atom. The number of anilines is 2. The van der Waals surface area contributed by atoms with Crippen LogP contribution < -0.4 is 14.8 Å². The Labute approximate surface area is 159 Å². The molecule has 7 heteroatoms. The fourth-order valence-corrected chi connectivity index (χ4v) is 3.14. The first-order valence-electron chi connectivity index (χ1n) is 9.11. The molecule has 144 valence electrons. The number of ether oxygens (including phenoxy) is 2. The average Bonchev–Trinajstić information content (AvgIpc) is 2.73. The molecule has 7 nitrogen and oxygen atoms in total. The number of hydrogen-bond donors (Lipinski definition) is 1. The van der Waals surface area contributed by atoms with E-state index in [1.807, 2.05) is 29.2 Å². The van der Waals surface area contributed by atoms with Gasteiger partial charge in [-0.05, 0) is 30.8 Å². The van der Waals surface area contributed by atoms with Crippen LogP contribution in [0.2, 0.25) is 0 Å². The predicted octanol–water partition coefficient (Wildman–Crippen LogP) is 2.62. The highest BCUT2D eigenvalue weighted by Crippen LogP contribution is 2.31. The van der Waals surface area contributed by atoms with E-state index < -0.39 is 0 Å². The van der Waals surface area contributed by atoms with Gasteiger partial charge in [0.15, 0.2) is 11.5 Å². The number of benzene rings is 1.